The molecule has 0 aliphatic heterocycles. The summed E-state index contributed by atoms with van der Waals surface area (Å²) in [5, 5.41) is 34.6. The second-order valence-electron chi connectivity index (χ2n) is 7.47. The fraction of sp³-hybridized carbons (Fsp3) is 0.684. The van der Waals surface area contributed by atoms with Gasteiger partial charge in [0.25, 0.3) is 0 Å². The van der Waals surface area contributed by atoms with Crippen LogP contribution in [-0.4, -0.2) is 100 Å². The Labute approximate surface area is 206 Å². The van der Waals surface area contributed by atoms with Gasteiger partial charge in [-0.1, -0.05) is 0 Å². The number of hydrogen-bond acceptors (Lipinski definition) is 9. The van der Waals surface area contributed by atoms with Crippen LogP contribution in [0.25, 0.3) is 0 Å². The van der Waals surface area contributed by atoms with Crippen molar-refractivity contribution in [3.63, 3.8) is 0 Å². The Morgan fingerprint density at radius 2 is 1.46 bits per heavy atom. The summed E-state index contributed by atoms with van der Waals surface area (Å²) in [5.41, 5.74) is 16.2. The van der Waals surface area contributed by atoms with Crippen molar-refractivity contribution in [1.82, 2.24) is 16.0 Å². The number of aliphatic carboxylic acids is 2. The van der Waals surface area contributed by atoms with Crippen LogP contribution < -0.4 is 33.2 Å². The van der Waals surface area contributed by atoms with E-state index in [1.165, 1.54) is 11.8 Å². The number of carboxylic acid groups (broad SMARTS) is 2. The van der Waals surface area contributed by atoms with Crippen molar-refractivity contribution < 1.29 is 39.3 Å². The van der Waals surface area contributed by atoms with Gasteiger partial charge in [-0.15, -0.1) is 0 Å². The van der Waals surface area contributed by atoms with E-state index in [0.29, 0.717) is 12.2 Å². The molecule has 0 heterocycles. The molecular weight excluding hydrogens is 486 g/mol. The van der Waals surface area contributed by atoms with Gasteiger partial charge in [-0.25, -0.2) is 4.79 Å². The standard InChI is InChI=1S/C19H35N7O8S/c1-35-8-6-10(20)15(30)24-11(4-5-14(28)29)16(31)26-13(9-27)17(32)25-12(18(33)34)3-2-7-23-19(21)22/h10-13,27H,2-9,20H2,1H3,(H,24,30)(H,25,32)(H,26,31)(H,28,29)(H,33,34)(H4,21,22,23). The highest BCUT2D eigenvalue weighted by molar-refractivity contribution is 7.98. The summed E-state index contributed by atoms with van der Waals surface area (Å²) < 4.78 is 0. The van der Waals surface area contributed by atoms with E-state index in [1.54, 1.807) is 0 Å². The molecule has 0 aliphatic rings. The number of carboxylic acids is 2. The molecule has 0 bridgehead atoms. The van der Waals surface area contributed by atoms with Gasteiger partial charge in [-0.3, -0.25) is 24.2 Å². The first-order valence-corrected chi connectivity index (χ1v) is 12.1. The largest absolute Gasteiger partial charge is 0.481 e. The van der Waals surface area contributed by atoms with Gasteiger partial charge in [0.15, 0.2) is 5.96 Å². The molecule has 35 heavy (non-hydrogen) atoms. The number of aliphatic hydroxyl groups is 1. The van der Waals surface area contributed by atoms with E-state index >= 15 is 0 Å². The first-order valence-electron chi connectivity index (χ1n) is 10.7. The van der Waals surface area contributed by atoms with Crippen molar-refractivity contribution in [3.05, 3.63) is 0 Å². The molecule has 15 nitrogen and oxygen atoms in total. The number of amides is 3. The molecule has 3 amide bonds. The number of nitrogens with two attached hydrogens (primary N) is 3. The van der Waals surface area contributed by atoms with Gasteiger partial charge in [0.05, 0.1) is 12.6 Å². The minimum absolute atomic E-state index is 0.0326. The number of thioether (sulfide) groups is 1. The number of carbonyl (C=O) groups excluding carboxylic acids is 3. The lowest BCUT2D eigenvalue weighted by Crippen LogP contribution is -2.58. The third kappa shape index (κ3) is 14.0. The normalized spacial score (nSPS) is 14.0. The van der Waals surface area contributed by atoms with Crippen LogP contribution in [0, 0.1) is 0 Å². The van der Waals surface area contributed by atoms with Gasteiger partial charge in [0, 0.05) is 13.0 Å². The molecule has 0 radical (unpaired) electrons. The highest BCUT2D eigenvalue weighted by atomic mass is 32.2. The fourth-order valence-corrected chi connectivity index (χ4v) is 3.18. The van der Waals surface area contributed by atoms with Gasteiger partial charge in [-0.05, 0) is 37.7 Å². The third-order valence-electron chi connectivity index (χ3n) is 4.63. The average Bonchev–Trinajstić information content (AvgIpc) is 2.79. The Balaban J connectivity index is 5.22. The van der Waals surface area contributed by atoms with Crippen LogP contribution in [0.3, 0.4) is 0 Å². The highest BCUT2D eigenvalue weighted by Crippen LogP contribution is 2.04. The number of guanidine groups is 1. The molecule has 0 aromatic carbocycles. The molecule has 0 aromatic rings. The SMILES string of the molecule is CSCCC(N)C(=O)NC(CCC(=O)O)C(=O)NC(CO)C(=O)NC(CCCN=C(N)N)C(=O)O. The Morgan fingerprint density at radius 3 is 1.97 bits per heavy atom. The van der Waals surface area contributed by atoms with Crippen LogP contribution in [-0.2, 0) is 24.0 Å². The zero-order chi connectivity index (χ0) is 27.0. The maximum absolute atomic E-state index is 12.7. The quantitative estimate of drug-likeness (QED) is 0.0483. The second-order valence-corrected chi connectivity index (χ2v) is 8.46. The van der Waals surface area contributed by atoms with E-state index in [1.807, 2.05) is 6.26 Å². The Morgan fingerprint density at radius 1 is 0.886 bits per heavy atom. The summed E-state index contributed by atoms with van der Waals surface area (Å²) in [6.45, 7) is -0.753. The zero-order valence-electron chi connectivity index (χ0n) is 19.4. The van der Waals surface area contributed by atoms with Crippen LogP contribution >= 0.6 is 11.8 Å². The van der Waals surface area contributed by atoms with Crippen LogP contribution in [0.15, 0.2) is 4.99 Å². The third-order valence-corrected chi connectivity index (χ3v) is 5.27. The molecule has 0 fully saturated rings. The zero-order valence-corrected chi connectivity index (χ0v) is 20.3. The maximum Gasteiger partial charge on any atom is 0.326 e. The predicted molar refractivity (Wildman–Crippen MR) is 128 cm³/mol. The van der Waals surface area contributed by atoms with Crippen LogP contribution in [0.1, 0.15) is 32.1 Å². The number of nitrogens with zero attached hydrogens (tertiary/aromatic N) is 1. The summed E-state index contributed by atoms with van der Waals surface area (Å²) in [7, 11) is 0. The molecule has 4 unspecified atom stereocenters. The Kier molecular flexibility index (Phi) is 15.8. The monoisotopic (exact) mass is 521 g/mol. The van der Waals surface area contributed by atoms with Crippen molar-refractivity contribution in [1.29, 1.82) is 0 Å². The molecule has 0 aliphatic carbocycles. The topological polar surface area (TPSA) is 273 Å². The first kappa shape index (κ1) is 31.9. The van der Waals surface area contributed by atoms with Crippen LogP contribution in [0.2, 0.25) is 0 Å². The van der Waals surface area contributed by atoms with Gasteiger partial charge < -0.3 is 48.5 Å². The molecule has 12 N–H and O–H groups in total. The summed E-state index contributed by atoms with van der Waals surface area (Å²) >= 11 is 1.47. The van der Waals surface area contributed by atoms with Crippen molar-refractivity contribution >= 4 is 47.4 Å². The lowest BCUT2D eigenvalue weighted by Gasteiger charge is -2.24. The van der Waals surface area contributed by atoms with Gasteiger partial charge in [0.1, 0.15) is 18.1 Å². The average molecular weight is 522 g/mol. The van der Waals surface area contributed by atoms with Crippen molar-refractivity contribution in [2.24, 2.45) is 22.2 Å². The van der Waals surface area contributed by atoms with E-state index in [0.717, 1.165) is 0 Å². The molecule has 0 rings (SSSR count). The summed E-state index contributed by atoms with van der Waals surface area (Å²) in [6.07, 6.45) is 1.57. The van der Waals surface area contributed by atoms with Crippen molar-refractivity contribution in [3.8, 4) is 0 Å². The highest BCUT2D eigenvalue weighted by Gasteiger charge is 2.30. The van der Waals surface area contributed by atoms with E-state index in [-0.39, 0.29) is 31.8 Å². The number of carbonyl (C=O) groups is 5. The lowest BCUT2D eigenvalue weighted by molar-refractivity contribution is -0.142. The van der Waals surface area contributed by atoms with E-state index < -0.39 is 66.9 Å². The van der Waals surface area contributed by atoms with Crippen molar-refractivity contribution in [2.45, 2.75) is 56.3 Å². The molecule has 0 saturated heterocycles. The smallest absolute Gasteiger partial charge is 0.326 e. The van der Waals surface area contributed by atoms with Crippen molar-refractivity contribution in [2.75, 3.05) is 25.2 Å². The molecule has 0 spiro atoms. The number of aliphatic imine (C=N–C) groups is 1. The molecule has 16 heteroatoms. The van der Waals surface area contributed by atoms with E-state index in [2.05, 4.69) is 20.9 Å². The predicted octanol–water partition coefficient (Wildman–Crippen LogP) is -3.48. The second kappa shape index (κ2) is 17.3. The van der Waals surface area contributed by atoms with E-state index in [9.17, 15) is 34.2 Å². The number of rotatable bonds is 18. The fourth-order valence-electron chi connectivity index (χ4n) is 2.69. The minimum atomic E-state index is -1.56. The Hall–Kier alpha value is -3.11. The van der Waals surface area contributed by atoms with Gasteiger partial charge in [-0.2, -0.15) is 11.8 Å². The molecule has 200 valence electrons. The van der Waals surface area contributed by atoms with Crippen LogP contribution in [0.5, 0.6) is 0 Å². The molecule has 0 saturated carbocycles. The lowest BCUT2D eigenvalue weighted by atomic mass is 10.1. The maximum atomic E-state index is 12.7. The molecule has 0 aromatic heterocycles. The number of hydrogen-bond donors (Lipinski definition) is 9. The Bertz CT molecular complexity index is 763. The summed E-state index contributed by atoms with van der Waals surface area (Å²) in [6, 6.07) is -5.19. The number of nitrogens with one attached hydrogen (secondary N) is 3. The van der Waals surface area contributed by atoms with Gasteiger partial charge in [0.2, 0.25) is 17.7 Å². The minimum Gasteiger partial charge on any atom is -0.481 e. The molecular formula is C19H35N7O8S. The summed E-state index contributed by atoms with van der Waals surface area (Å²) in [4.78, 5) is 63.6. The van der Waals surface area contributed by atoms with Crippen LogP contribution in [0.4, 0.5) is 0 Å². The number of aliphatic hydroxyl groups excluding tert-OH is 1. The first-order chi connectivity index (χ1) is 16.4. The molecule has 4 atom stereocenters. The van der Waals surface area contributed by atoms with Gasteiger partial charge >= 0.3 is 11.9 Å². The summed E-state index contributed by atoms with van der Waals surface area (Å²) in [5.74, 6) is -4.76. The van der Waals surface area contributed by atoms with E-state index in [4.69, 9.17) is 22.3 Å².